The van der Waals surface area contributed by atoms with E-state index in [0.29, 0.717) is 11.4 Å². The second-order valence-electron chi connectivity index (χ2n) is 3.94. The molecular formula is C12H12N2O4. The summed E-state index contributed by atoms with van der Waals surface area (Å²) in [4.78, 5) is 33.9. The molecule has 3 amide bonds. The predicted octanol–water partition coefficient (Wildman–Crippen LogP) is -0.969. The quantitative estimate of drug-likeness (QED) is 0.529. The zero-order chi connectivity index (χ0) is 13.1. The van der Waals surface area contributed by atoms with Gasteiger partial charge in [0.25, 0.3) is 11.8 Å². The van der Waals surface area contributed by atoms with Crippen molar-refractivity contribution in [3.63, 3.8) is 0 Å². The average molecular weight is 248 g/mol. The number of likely N-dealkylation sites (tertiary alicyclic amines) is 1. The third kappa shape index (κ3) is 2.15. The van der Waals surface area contributed by atoms with Crippen LogP contribution in [0.4, 0.5) is 0 Å². The van der Waals surface area contributed by atoms with E-state index in [1.807, 2.05) is 30.3 Å². The standard InChI is InChI=1S/C12H12N2O4/c15-7-14-11(17)9(10(16)12(14)18)13-6-8-4-2-1-3-5-8/h1-5,7,9-10,13,16H,6H2. The molecular weight excluding hydrogens is 236 g/mol. The molecule has 2 atom stereocenters. The van der Waals surface area contributed by atoms with Crippen LogP contribution in [-0.4, -0.2) is 40.4 Å². The molecule has 6 heteroatoms. The Morgan fingerprint density at radius 1 is 1.22 bits per heavy atom. The van der Waals surface area contributed by atoms with E-state index in [-0.39, 0.29) is 6.41 Å². The van der Waals surface area contributed by atoms with Gasteiger partial charge in [0, 0.05) is 6.54 Å². The van der Waals surface area contributed by atoms with Crippen LogP contribution in [0, 0.1) is 0 Å². The first-order chi connectivity index (χ1) is 8.65. The van der Waals surface area contributed by atoms with Crippen molar-refractivity contribution in [1.29, 1.82) is 0 Å². The van der Waals surface area contributed by atoms with E-state index in [2.05, 4.69) is 5.32 Å². The van der Waals surface area contributed by atoms with Gasteiger partial charge in [0.2, 0.25) is 6.41 Å². The molecule has 1 aromatic carbocycles. The van der Waals surface area contributed by atoms with Crippen LogP contribution in [0.5, 0.6) is 0 Å². The third-order valence-electron chi connectivity index (χ3n) is 2.78. The summed E-state index contributed by atoms with van der Waals surface area (Å²) in [6, 6.07) is 8.16. The van der Waals surface area contributed by atoms with E-state index >= 15 is 0 Å². The summed E-state index contributed by atoms with van der Waals surface area (Å²) >= 11 is 0. The highest BCUT2D eigenvalue weighted by atomic mass is 16.3. The van der Waals surface area contributed by atoms with Gasteiger partial charge in [0.05, 0.1) is 0 Å². The van der Waals surface area contributed by atoms with Gasteiger partial charge in [-0.1, -0.05) is 30.3 Å². The number of carbonyl (C=O) groups is 3. The average Bonchev–Trinajstić information content (AvgIpc) is 2.60. The Morgan fingerprint density at radius 2 is 1.89 bits per heavy atom. The summed E-state index contributed by atoms with van der Waals surface area (Å²) in [5.74, 6) is -1.61. The van der Waals surface area contributed by atoms with Crippen molar-refractivity contribution >= 4 is 18.2 Å². The molecule has 18 heavy (non-hydrogen) atoms. The molecule has 0 aliphatic carbocycles. The Bertz CT molecular complexity index is 474. The Balaban J connectivity index is 2.04. The maximum atomic E-state index is 11.6. The lowest BCUT2D eigenvalue weighted by Gasteiger charge is -2.12. The zero-order valence-corrected chi connectivity index (χ0v) is 9.45. The first-order valence-corrected chi connectivity index (χ1v) is 5.42. The molecule has 1 fully saturated rings. The van der Waals surface area contributed by atoms with Crippen LogP contribution in [0.1, 0.15) is 5.56 Å². The van der Waals surface area contributed by atoms with E-state index in [0.717, 1.165) is 5.56 Å². The van der Waals surface area contributed by atoms with Crippen LogP contribution in [0.3, 0.4) is 0 Å². The number of hydrogen-bond acceptors (Lipinski definition) is 5. The van der Waals surface area contributed by atoms with Crippen molar-refractivity contribution in [3.8, 4) is 0 Å². The lowest BCUT2D eigenvalue weighted by atomic mass is 10.1. The molecule has 2 rings (SSSR count). The van der Waals surface area contributed by atoms with Crippen molar-refractivity contribution in [3.05, 3.63) is 35.9 Å². The molecule has 1 aliphatic rings. The van der Waals surface area contributed by atoms with Crippen LogP contribution in [-0.2, 0) is 20.9 Å². The second-order valence-corrected chi connectivity index (χ2v) is 3.94. The van der Waals surface area contributed by atoms with Gasteiger partial charge in [-0.05, 0) is 5.56 Å². The lowest BCUT2D eigenvalue weighted by molar-refractivity contribution is -0.145. The summed E-state index contributed by atoms with van der Waals surface area (Å²) in [5.41, 5.74) is 0.912. The molecule has 0 radical (unpaired) electrons. The van der Waals surface area contributed by atoms with Gasteiger partial charge in [-0.15, -0.1) is 0 Å². The molecule has 0 saturated carbocycles. The Morgan fingerprint density at radius 3 is 2.44 bits per heavy atom. The Labute approximate surface area is 103 Å². The fourth-order valence-corrected chi connectivity index (χ4v) is 1.81. The van der Waals surface area contributed by atoms with Gasteiger partial charge in [0.1, 0.15) is 6.04 Å². The number of imide groups is 3. The monoisotopic (exact) mass is 248 g/mol. The van der Waals surface area contributed by atoms with Gasteiger partial charge >= 0.3 is 0 Å². The summed E-state index contributed by atoms with van der Waals surface area (Å²) in [6.45, 7) is 0.328. The minimum Gasteiger partial charge on any atom is -0.381 e. The van der Waals surface area contributed by atoms with E-state index in [1.54, 1.807) is 0 Å². The van der Waals surface area contributed by atoms with Crippen molar-refractivity contribution in [2.24, 2.45) is 0 Å². The topological polar surface area (TPSA) is 86.7 Å². The number of amides is 3. The highest BCUT2D eigenvalue weighted by Crippen LogP contribution is 2.12. The summed E-state index contributed by atoms with van der Waals surface area (Å²) in [7, 11) is 0. The van der Waals surface area contributed by atoms with Crippen molar-refractivity contribution in [1.82, 2.24) is 10.2 Å². The number of aliphatic hydroxyl groups excluding tert-OH is 1. The fraction of sp³-hybridized carbons (Fsp3) is 0.250. The van der Waals surface area contributed by atoms with Gasteiger partial charge < -0.3 is 5.11 Å². The summed E-state index contributed by atoms with van der Waals surface area (Å²) in [6.07, 6.45) is -1.38. The van der Waals surface area contributed by atoms with Gasteiger partial charge in [-0.3, -0.25) is 19.7 Å². The molecule has 1 aliphatic heterocycles. The Kier molecular flexibility index (Phi) is 3.50. The van der Waals surface area contributed by atoms with Crippen LogP contribution in [0.15, 0.2) is 30.3 Å². The lowest BCUT2D eigenvalue weighted by Crippen LogP contribution is -2.42. The number of rotatable bonds is 4. The largest absolute Gasteiger partial charge is 0.381 e. The molecule has 1 heterocycles. The molecule has 6 nitrogen and oxygen atoms in total. The molecule has 94 valence electrons. The first kappa shape index (κ1) is 12.4. The van der Waals surface area contributed by atoms with Crippen molar-refractivity contribution in [2.75, 3.05) is 0 Å². The van der Waals surface area contributed by atoms with Gasteiger partial charge in [-0.2, -0.15) is 0 Å². The third-order valence-corrected chi connectivity index (χ3v) is 2.78. The van der Waals surface area contributed by atoms with E-state index < -0.39 is 24.0 Å². The summed E-state index contributed by atoms with van der Waals surface area (Å²) in [5, 5.41) is 12.3. The van der Waals surface area contributed by atoms with Crippen LogP contribution in [0.2, 0.25) is 0 Å². The highest BCUT2D eigenvalue weighted by Gasteiger charge is 2.46. The maximum Gasteiger partial charge on any atom is 0.266 e. The molecule has 1 saturated heterocycles. The Hall–Kier alpha value is -2.05. The van der Waals surface area contributed by atoms with Crippen molar-refractivity contribution < 1.29 is 19.5 Å². The maximum absolute atomic E-state index is 11.6. The minimum atomic E-state index is -1.51. The van der Waals surface area contributed by atoms with E-state index in [9.17, 15) is 19.5 Å². The number of aliphatic hydroxyl groups is 1. The minimum absolute atomic E-state index is 0.123. The van der Waals surface area contributed by atoms with Gasteiger partial charge in [-0.25, -0.2) is 4.90 Å². The molecule has 0 bridgehead atoms. The van der Waals surface area contributed by atoms with E-state index in [4.69, 9.17) is 0 Å². The molecule has 0 spiro atoms. The van der Waals surface area contributed by atoms with Crippen LogP contribution < -0.4 is 5.32 Å². The highest BCUT2D eigenvalue weighted by molar-refractivity contribution is 6.15. The smallest absolute Gasteiger partial charge is 0.266 e. The van der Waals surface area contributed by atoms with Gasteiger partial charge in [0.15, 0.2) is 6.10 Å². The molecule has 2 N–H and O–H groups in total. The number of benzene rings is 1. The van der Waals surface area contributed by atoms with E-state index in [1.165, 1.54) is 0 Å². The SMILES string of the molecule is O=CN1C(=O)C(O)C(NCc2ccccc2)C1=O. The number of nitrogens with zero attached hydrogens (tertiary/aromatic N) is 1. The predicted molar refractivity (Wildman–Crippen MR) is 61.0 cm³/mol. The summed E-state index contributed by atoms with van der Waals surface area (Å²) < 4.78 is 0. The number of hydrogen-bond donors (Lipinski definition) is 2. The first-order valence-electron chi connectivity index (χ1n) is 5.42. The molecule has 0 aromatic heterocycles. The van der Waals surface area contributed by atoms with Crippen LogP contribution in [0.25, 0.3) is 0 Å². The zero-order valence-electron chi connectivity index (χ0n) is 9.45. The second kappa shape index (κ2) is 5.07. The number of carbonyl (C=O) groups excluding carboxylic acids is 3. The molecule has 1 aromatic rings. The normalized spacial score (nSPS) is 23.5. The molecule has 2 unspecified atom stereocenters. The van der Waals surface area contributed by atoms with Crippen molar-refractivity contribution in [2.45, 2.75) is 18.7 Å². The number of nitrogens with one attached hydrogen (secondary N) is 1. The fourth-order valence-electron chi connectivity index (χ4n) is 1.81. The van der Waals surface area contributed by atoms with Crippen LogP contribution >= 0.6 is 0 Å².